The van der Waals surface area contributed by atoms with Crippen molar-refractivity contribution in [2.24, 2.45) is 23.0 Å². The summed E-state index contributed by atoms with van der Waals surface area (Å²) in [5.74, 6) is -3.78. The summed E-state index contributed by atoms with van der Waals surface area (Å²) in [6.07, 6.45) is 16.6. The molecule has 59 heavy (non-hydrogen) atoms. The van der Waals surface area contributed by atoms with Gasteiger partial charge in [-0.05, 0) is 47.6 Å². The van der Waals surface area contributed by atoms with Gasteiger partial charge in [0.1, 0.15) is 30.1 Å². The summed E-state index contributed by atoms with van der Waals surface area (Å²) in [7, 11) is 0. The maximum Gasteiger partial charge on any atom is 0.287 e. The third-order valence-electron chi connectivity index (χ3n) is 11.9. The Morgan fingerprint density at radius 1 is 0.814 bits per heavy atom. The van der Waals surface area contributed by atoms with Crippen LogP contribution in [0.5, 0.6) is 0 Å². The zero-order valence-electron chi connectivity index (χ0n) is 34.1. The standard InChI is InChI=1S/C43H56N10O6/c1-43(2,3)37(51-41(58)35(30-10-5-4-6-11-30)50-39(56)33-23-45-16-17-48-33)42(59)53-19-18-52(24-28-12-14-29(15-13-28)31-21-46-26-47-22-31)34(25-53)40(57)49-32(36(54)38(44)55)20-27-8-7-9-27/h12-17,21-23,26-27,30,32,34-35,37H,4-11,18-20,24-25H2,1-3H3,(H2,44,55)(H,49,57)(H,50,56)(H,51,58)/t32?,34-,35+,37-/m1/s1. The van der Waals surface area contributed by atoms with Gasteiger partial charge in [0.05, 0.1) is 12.2 Å². The lowest BCUT2D eigenvalue weighted by Gasteiger charge is -2.44. The first-order valence-corrected chi connectivity index (χ1v) is 20.7. The van der Waals surface area contributed by atoms with E-state index in [1.54, 1.807) is 17.3 Å². The highest BCUT2D eigenvalue weighted by Crippen LogP contribution is 2.32. The minimum absolute atomic E-state index is 0.0388. The highest BCUT2D eigenvalue weighted by Gasteiger charge is 2.43. The summed E-state index contributed by atoms with van der Waals surface area (Å²) >= 11 is 0. The van der Waals surface area contributed by atoms with Gasteiger partial charge in [-0.3, -0.25) is 38.7 Å². The number of nitrogens with two attached hydrogens (primary N) is 1. The molecule has 1 saturated heterocycles. The van der Waals surface area contributed by atoms with Gasteiger partial charge in [0.2, 0.25) is 23.5 Å². The summed E-state index contributed by atoms with van der Waals surface area (Å²) < 4.78 is 0. The fraction of sp³-hybridized carbons (Fsp3) is 0.535. The van der Waals surface area contributed by atoms with Crippen LogP contribution in [0, 0.1) is 17.3 Å². The molecule has 3 fully saturated rings. The number of nitrogens with one attached hydrogen (secondary N) is 3. The lowest BCUT2D eigenvalue weighted by molar-refractivity contribution is -0.145. The molecule has 2 aromatic heterocycles. The molecule has 3 aromatic rings. The number of Topliss-reactive ketones (excluding diaryl/α,β-unsaturated/α-hetero) is 1. The van der Waals surface area contributed by atoms with Gasteiger partial charge in [-0.15, -0.1) is 0 Å². The lowest BCUT2D eigenvalue weighted by atomic mass is 9.80. The average Bonchev–Trinajstić information content (AvgIpc) is 3.22. The summed E-state index contributed by atoms with van der Waals surface area (Å²) in [5, 5.41) is 8.76. The first-order chi connectivity index (χ1) is 28.3. The highest BCUT2D eigenvalue weighted by molar-refractivity contribution is 6.37. The topological polar surface area (TPSA) is 223 Å². The van der Waals surface area contributed by atoms with E-state index in [4.69, 9.17) is 5.73 Å². The van der Waals surface area contributed by atoms with Gasteiger partial charge < -0.3 is 26.6 Å². The molecule has 4 atom stereocenters. The Kier molecular flexibility index (Phi) is 14.1. The van der Waals surface area contributed by atoms with Crippen LogP contribution >= 0.6 is 0 Å². The molecule has 5 amide bonds. The number of nitrogens with zero attached hydrogens (tertiary/aromatic N) is 6. The quantitative estimate of drug-likeness (QED) is 0.163. The lowest BCUT2D eigenvalue weighted by Crippen LogP contribution is -2.65. The van der Waals surface area contributed by atoms with E-state index < -0.39 is 59.0 Å². The number of amides is 5. The molecule has 0 spiro atoms. The SMILES string of the molecule is CC(C)(C)[C@H](NC(=O)[C@@H](NC(=O)c1cnccn1)C1CCCCC1)C(=O)N1CCN(Cc2ccc(-c3cncnc3)cc2)[C@@H](C(=O)NC(CC2CCC2)C(=O)C(N)=O)C1. The van der Waals surface area contributed by atoms with Gasteiger partial charge in [-0.25, -0.2) is 15.0 Å². The van der Waals surface area contributed by atoms with Gasteiger partial charge in [0.15, 0.2) is 0 Å². The molecular weight excluding hydrogens is 753 g/mol. The Hall–Kier alpha value is -5.64. The van der Waals surface area contributed by atoms with Crippen LogP contribution in [0.15, 0.2) is 61.6 Å². The van der Waals surface area contributed by atoms with Gasteiger partial charge in [-0.2, -0.15) is 0 Å². The zero-order chi connectivity index (χ0) is 42.1. The molecule has 2 saturated carbocycles. The first kappa shape index (κ1) is 43.0. The van der Waals surface area contributed by atoms with Crippen LogP contribution in [0.25, 0.3) is 11.1 Å². The van der Waals surface area contributed by atoms with E-state index in [2.05, 4.69) is 35.9 Å². The third kappa shape index (κ3) is 11.1. The van der Waals surface area contributed by atoms with Crippen LogP contribution < -0.4 is 21.7 Å². The molecule has 2 aliphatic carbocycles. The van der Waals surface area contributed by atoms with Crippen molar-refractivity contribution in [1.82, 2.24) is 45.7 Å². The first-order valence-electron chi connectivity index (χ1n) is 20.7. The fourth-order valence-corrected chi connectivity index (χ4v) is 8.24. The third-order valence-corrected chi connectivity index (χ3v) is 11.9. The Balaban J connectivity index is 1.23. The highest BCUT2D eigenvalue weighted by atomic mass is 16.2. The number of benzene rings is 1. The molecule has 0 radical (unpaired) electrons. The van der Waals surface area contributed by atoms with Crippen LogP contribution in [0.1, 0.15) is 94.6 Å². The minimum Gasteiger partial charge on any atom is -0.363 e. The van der Waals surface area contributed by atoms with Crippen LogP contribution in [0.2, 0.25) is 0 Å². The van der Waals surface area contributed by atoms with E-state index in [1.165, 1.54) is 24.9 Å². The molecule has 1 aromatic carbocycles. The fourth-order valence-electron chi connectivity index (χ4n) is 8.24. The normalized spacial score (nSPS) is 19.4. The second kappa shape index (κ2) is 19.4. The van der Waals surface area contributed by atoms with Gasteiger partial charge in [-0.1, -0.05) is 83.6 Å². The van der Waals surface area contributed by atoms with Crippen LogP contribution in [-0.2, 0) is 30.5 Å². The summed E-state index contributed by atoms with van der Waals surface area (Å²) in [6, 6.07) is 3.92. The van der Waals surface area contributed by atoms with E-state index in [0.29, 0.717) is 19.5 Å². The number of carbonyl (C=O) groups excluding carboxylic acids is 6. The molecule has 0 bridgehead atoms. The number of hydrogen-bond donors (Lipinski definition) is 4. The molecule has 5 N–H and O–H groups in total. The predicted octanol–water partition coefficient (Wildman–Crippen LogP) is 2.59. The molecule has 3 heterocycles. The monoisotopic (exact) mass is 808 g/mol. The number of aromatic nitrogens is 4. The Morgan fingerprint density at radius 2 is 1.53 bits per heavy atom. The van der Waals surface area contributed by atoms with Gasteiger partial charge >= 0.3 is 0 Å². The van der Waals surface area contributed by atoms with Gasteiger partial charge in [0.25, 0.3) is 11.8 Å². The van der Waals surface area contributed by atoms with Crippen LogP contribution in [0.3, 0.4) is 0 Å². The Labute approximate surface area is 344 Å². The minimum atomic E-state index is -1.11. The molecule has 3 aliphatic rings. The van der Waals surface area contributed by atoms with E-state index in [-0.39, 0.29) is 36.5 Å². The van der Waals surface area contributed by atoms with Crippen molar-refractivity contribution in [2.45, 2.75) is 109 Å². The molecular formula is C43H56N10O6. The van der Waals surface area contributed by atoms with Crippen LogP contribution in [0.4, 0.5) is 0 Å². The van der Waals surface area contributed by atoms with E-state index >= 15 is 0 Å². The number of piperazine rings is 1. The maximum absolute atomic E-state index is 14.7. The molecule has 1 unspecified atom stereocenters. The number of hydrogen-bond acceptors (Lipinski definition) is 11. The average molecular weight is 809 g/mol. The molecule has 314 valence electrons. The van der Waals surface area contributed by atoms with E-state index in [0.717, 1.165) is 68.1 Å². The Morgan fingerprint density at radius 3 is 2.14 bits per heavy atom. The number of ketones is 1. The van der Waals surface area contributed by atoms with Gasteiger partial charge in [0, 0.05) is 56.5 Å². The largest absolute Gasteiger partial charge is 0.363 e. The molecule has 6 rings (SSSR count). The molecule has 1 aliphatic heterocycles. The van der Waals surface area contributed by atoms with E-state index in [9.17, 15) is 28.8 Å². The van der Waals surface area contributed by atoms with Crippen molar-refractivity contribution < 1.29 is 28.8 Å². The molecule has 16 heteroatoms. The predicted molar refractivity (Wildman–Crippen MR) is 218 cm³/mol. The van der Waals surface area contributed by atoms with Crippen molar-refractivity contribution in [1.29, 1.82) is 0 Å². The van der Waals surface area contributed by atoms with Crippen molar-refractivity contribution >= 4 is 35.3 Å². The second-order valence-electron chi connectivity index (χ2n) is 17.2. The number of carbonyl (C=O) groups is 6. The maximum atomic E-state index is 14.7. The second-order valence-corrected chi connectivity index (χ2v) is 17.2. The zero-order valence-corrected chi connectivity index (χ0v) is 34.1. The Bertz CT molecular complexity index is 1950. The number of rotatable bonds is 15. The van der Waals surface area contributed by atoms with Crippen molar-refractivity contribution in [3.63, 3.8) is 0 Å². The summed E-state index contributed by atoms with van der Waals surface area (Å²) in [4.78, 5) is 101. The summed E-state index contributed by atoms with van der Waals surface area (Å²) in [5.41, 5.74) is 7.46. The van der Waals surface area contributed by atoms with Crippen molar-refractivity contribution in [3.8, 4) is 11.1 Å². The molecule has 16 nitrogen and oxygen atoms in total. The smallest absolute Gasteiger partial charge is 0.287 e. The van der Waals surface area contributed by atoms with Crippen molar-refractivity contribution in [2.75, 3.05) is 19.6 Å². The van der Waals surface area contributed by atoms with Crippen LogP contribution in [-0.4, -0.2) is 109 Å². The van der Waals surface area contributed by atoms with Crippen molar-refractivity contribution in [3.05, 3.63) is 72.8 Å². The summed E-state index contributed by atoms with van der Waals surface area (Å²) in [6.45, 7) is 6.45. The number of primary amides is 1. The van der Waals surface area contributed by atoms with E-state index in [1.807, 2.05) is 49.9 Å².